The number of likely N-dealkylation sites (tertiary alicyclic amines) is 1. The molecule has 1 saturated heterocycles. The molecule has 1 aliphatic heterocycles. The number of rotatable bonds is 4. The first-order chi connectivity index (χ1) is 10.2. The zero-order valence-corrected chi connectivity index (χ0v) is 11.4. The summed E-state index contributed by atoms with van der Waals surface area (Å²) in [5, 5.41) is 4.59. The molecule has 0 saturated carbocycles. The predicted molar refractivity (Wildman–Crippen MR) is 78.0 cm³/mol. The summed E-state index contributed by atoms with van der Waals surface area (Å²) in [7, 11) is 0. The van der Waals surface area contributed by atoms with E-state index in [1.807, 2.05) is 24.3 Å². The zero-order valence-electron chi connectivity index (χ0n) is 11.4. The molecule has 0 bridgehead atoms. The second kappa shape index (κ2) is 5.49. The summed E-state index contributed by atoms with van der Waals surface area (Å²) in [5.74, 6) is -0.138. The van der Waals surface area contributed by atoms with Crippen LogP contribution in [0.25, 0.3) is 10.8 Å². The number of carbonyl (C=O) groups is 2. The predicted octanol–water partition coefficient (Wildman–Crippen LogP) is 0.539. The summed E-state index contributed by atoms with van der Waals surface area (Å²) in [6.45, 7) is 0.538. The van der Waals surface area contributed by atoms with Crippen LogP contribution in [0.5, 0.6) is 0 Å². The average Bonchev–Trinajstić information content (AvgIpc) is 2.88. The summed E-state index contributed by atoms with van der Waals surface area (Å²) in [4.78, 5) is 28.4. The number of pyridine rings is 1. The molecule has 0 aliphatic carbocycles. The first-order valence-electron chi connectivity index (χ1n) is 6.80. The molecule has 1 fully saturated rings. The molecule has 6 heteroatoms. The largest absolute Gasteiger partial charge is 0.347 e. The van der Waals surface area contributed by atoms with E-state index in [1.54, 1.807) is 17.3 Å². The van der Waals surface area contributed by atoms with Crippen LogP contribution in [-0.4, -0.2) is 34.8 Å². The van der Waals surface area contributed by atoms with Gasteiger partial charge in [0.15, 0.2) is 0 Å². The van der Waals surface area contributed by atoms with E-state index in [2.05, 4.69) is 10.3 Å². The summed E-state index contributed by atoms with van der Waals surface area (Å²) in [6, 6.07) is 7.29. The van der Waals surface area contributed by atoms with Gasteiger partial charge in [0.05, 0.1) is 0 Å². The summed E-state index contributed by atoms with van der Waals surface area (Å²) in [5.41, 5.74) is 7.07. The normalized spacial score (nSPS) is 19.8. The molecule has 108 valence electrons. The third-order valence-electron chi connectivity index (χ3n) is 3.85. The van der Waals surface area contributed by atoms with Gasteiger partial charge in [-0.05, 0) is 29.5 Å². The number of benzene rings is 1. The second-order valence-electron chi connectivity index (χ2n) is 5.08. The van der Waals surface area contributed by atoms with Crippen LogP contribution in [0.15, 0.2) is 36.7 Å². The van der Waals surface area contributed by atoms with E-state index >= 15 is 0 Å². The fourth-order valence-corrected chi connectivity index (χ4v) is 2.68. The molecule has 2 heterocycles. The van der Waals surface area contributed by atoms with Gasteiger partial charge < -0.3 is 16.0 Å². The van der Waals surface area contributed by atoms with Crippen molar-refractivity contribution in [2.75, 3.05) is 6.54 Å². The van der Waals surface area contributed by atoms with Crippen molar-refractivity contribution >= 4 is 23.1 Å². The number of nitrogens with two attached hydrogens (primary N) is 1. The Balaban J connectivity index is 1.85. The van der Waals surface area contributed by atoms with Gasteiger partial charge in [-0.2, -0.15) is 0 Å². The van der Waals surface area contributed by atoms with E-state index in [4.69, 9.17) is 5.73 Å². The highest BCUT2D eigenvalue weighted by Crippen LogP contribution is 2.24. The van der Waals surface area contributed by atoms with Crippen molar-refractivity contribution < 1.29 is 9.59 Å². The quantitative estimate of drug-likeness (QED) is 0.802. The van der Waals surface area contributed by atoms with Crippen LogP contribution >= 0.6 is 0 Å². The molecular weight excluding hydrogens is 268 g/mol. The Morgan fingerprint density at radius 2 is 2.24 bits per heavy atom. The SMILES string of the molecule is N[C@@H](c1ccc2ccncc2c1)N1CC[C@H](NC=O)C1=O. The van der Waals surface area contributed by atoms with Gasteiger partial charge in [0.1, 0.15) is 12.2 Å². The first kappa shape index (κ1) is 13.5. The topological polar surface area (TPSA) is 88.3 Å². The maximum Gasteiger partial charge on any atom is 0.246 e. The van der Waals surface area contributed by atoms with Gasteiger partial charge in [-0.25, -0.2) is 0 Å². The van der Waals surface area contributed by atoms with E-state index in [-0.39, 0.29) is 5.91 Å². The Morgan fingerprint density at radius 3 is 3.05 bits per heavy atom. The van der Waals surface area contributed by atoms with Crippen LogP contribution in [0.4, 0.5) is 0 Å². The lowest BCUT2D eigenvalue weighted by atomic mass is 10.1. The van der Waals surface area contributed by atoms with Gasteiger partial charge in [0.2, 0.25) is 12.3 Å². The number of nitrogens with one attached hydrogen (secondary N) is 1. The number of hydrogen-bond donors (Lipinski definition) is 2. The minimum atomic E-state index is -0.513. The number of amides is 2. The summed E-state index contributed by atoms with van der Waals surface area (Å²) >= 11 is 0. The number of nitrogens with zero attached hydrogens (tertiary/aromatic N) is 2. The lowest BCUT2D eigenvalue weighted by Gasteiger charge is -2.25. The van der Waals surface area contributed by atoms with E-state index in [1.165, 1.54) is 0 Å². The van der Waals surface area contributed by atoms with Crippen molar-refractivity contribution in [3.8, 4) is 0 Å². The minimum Gasteiger partial charge on any atom is -0.347 e. The van der Waals surface area contributed by atoms with Crippen LogP contribution < -0.4 is 11.1 Å². The molecular formula is C15H16N4O2. The fourth-order valence-electron chi connectivity index (χ4n) is 2.68. The molecule has 2 amide bonds. The van der Waals surface area contributed by atoms with Crippen LogP contribution in [-0.2, 0) is 9.59 Å². The molecule has 1 aromatic heterocycles. The third-order valence-corrected chi connectivity index (χ3v) is 3.85. The zero-order chi connectivity index (χ0) is 14.8. The average molecular weight is 284 g/mol. The Labute approximate surface area is 121 Å². The van der Waals surface area contributed by atoms with Gasteiger partial charge in [-0.15, -0.1) is 0 Å². The molecule has 2 atom stereocenters. The second-order valence-corrected chi connectivity index (χ2v) is 5.08. The van der Waals surface area contributed by atoms with E-state index in [0.717, 1.165) is 16.3 Å². The monoisotopic (exact) mass is 284 g/mol. The summed E-state index contributed by atoms with van der Waals surface area (Å²) in [6.07, 6.45) is 4.13. The number of hydrogen-bond acceptors (Lipinski definition) is 4. The number of carbonyl (C=O) groups excluding carboxylic acids is 2. The lowest BCUT2D eigenvalue weighted by molar-refractivity contribution is -0.132. The molecule has 3 rings (SSSR count). The van der Waals surface area contributed by atoms with Gasteiger partial charge >= 0.3 is 0 Å². The number of fused-ring (bicyclic) bond motifs is 1. The Morgan fingerprint density at radius 1 is 1.38 bits per heavy atom. The van der Waals surface area contributed by atoms with Crippen molar-refractivity contribution in [2.45, 2.75) is 18.6 Å². The maximum atomic E-state index is 12.2. The fraction of sp³-hybridized carbons (Fsp3) is 0.267. The Bertz CT molecular complexity index is 688. The van der Waals surface area contributed by atoms with Gasteiger partial charge in [0, 0.05) is 24.3 Å². The molecule has 0 radical (unpaired) electrons. The standard InChI is InChI=1S/C15H16N4O2/c16-14(19-6-4-13(15(19)21)18-9-20)11-2-1-10-3-5-17-8-12(10)7-11/h1-3,5,7-9,13-14H,4,6,16H2,(H,18,20)/t13-,14+/m0/s1. The van der Waals surface area contributed by atoms with E-state index in [9.17, 15) is 9.59 Å². The van der Waals surface area contributed by atoms with Crippen LogP contribution in [0.2, 0.25) is 0 Å². The molecule has 0 spiro atoms. The van der Waals surface area contributed by atoms with Crippen LogP contribution in [0.3, 0.4) is 0 Å². The van der Waals surface area contributed by atoms with E-state index in [0.29, 0.717) is 19.4 Å². The first-order valence-corrected chi connectivity index (χ1v) is 6.80. The number of aromatic nitrogens is 1. The molecule has 1 aliphatic rings. The molecule has 1 aromatic carbocycles. The molecule has 6 nitrogen and oxygen atoms in total. The van der Waals surface area contributed by atoms with Gasteiger partial charge in [-0.3, -0.25) is 14.6 Å². The van der Waals surface area contributed by atoms with Crippen molar-refractivity contribution in [1.29, 1.82) is 0 Å². The van der Waals surface area contributed by atoms with Crippen LogP contribution in [0.1, 0.15) is 18.2 Å². The Kier molecular flexibility index (Phi) is 3.53. The van der Waals surface area contributed by atoms with Gasteiger partial charge in [-0.1, -0.05) is 12.1 Å². The summed E-state index contributed by atoms with van der Waals surface area (Å²) < 4.78 is 0. The van der Waals surface area contributed by atoms with Crippen molar-refractivity contribution in [2.24, 2.45) is 5.73 Å². The Hall–Kier alpha value is -2.47. The van der Waals surface area contributed by atoms with Crippen LogP contribution in [0, 0.1) is 0 Å². The van der Waals surface area contributed by atoms with Crippen molar-refractivity contribution in [1.82, 2.24) is 15.2 Å². The van der Waals surface area contributed by atoms with E-state index < -0.39 is 12.2 Å². The highest BCUT2D eigenvalue weighted by Gasteiger charge is 2.34. The molecule has 21 heavy (non-hydrogen) atoms. The maximum absolute atomic E-state index is 12.2. The molecule has 2 aromatic rings. The van der Waals surface area contributed by atoms with Crippen molar-refractivity contribution in [3.05, 3.63) is 42.2 Å². The highest BCUT2D eigenvalue weighted by molar-refractivity contribution is 5.86. The third kappa shape index (κ3) is 2.45. The smallest absolute Gasteiger partial charge is 0.246 e. The lowest BCUT2D eigenvalue weighted by Crippen LogP contribution is -2.41. The molecule has 0 unspecified atom stereocenters. The minimum absolute atomic E-state index is 0.138. The van der Waals surface area contributed by atoms with Gasteiger partial charge in [0.25, 0.3) is 0 Å². The molecule has 3 N–H and O–H groups in total. The highest BCUT2D eigenvalue weighted by atomic mass is 16.2. The van der Waals surface area contributed by atoms with Crippen molar-refractivity contribution in [3.63, 3.8) is 0 Å².